The first-order valence-corrected chi connectivity index (χ1v) is 8.13. The Balaban J connectivity index is 1.53. The highest BCUT2D eigenvalue weighted by atomic mass is 127. The Bertz CT molecular complexity index is 432. The van der Waals surface area contributed by atoms with Gasteiger partial charge in [0.2, 0.25) is 5.91 Å². The Kier molecular flexibility index (Phi) is 6.09. The largest absolute Gasteiger partial charge is 0.494 e. The summed E-state index contributed by atoms with van der Waals surface area (Å²) in [7, 11) is 0. The third-order valence-electron chi connectivity index (χ3n) is 3.39. The molecule has 0 heterocycles. The van der Waals surface area contributed by atoms with Crippen LogP contribution in [0.4, 0.5) is 0 Å². The fourth-order valence-corrected chi connectivity index (χ4v) is 2.32. The average Bonchev–Trinajstić information content (AvgIpc) is 3.27. The van der Waals surface area contributed by atoms with Crippen LogP contribution < -0.4 is 15.8 Å². The molecule has 1 aromatic carbocycles. The summed E-state index contributed by atoms with van der Waals surface area (Å²) in [6, 6.07) is 8.01. The van der Waals surface area contributed by atoms with E-state index in [2.05, 4.69) is 27.9 Å². The second-order valence-corrected chi connectivity index (χ2v) is 6.46. The molecule has 4 nitrogen and oxygen atoms in total. The second kappa shape index (κ2) is 7.83. The minimum absolute atomic E-state index is 0.0623. The van der Waals surface area contributed by atoms with Crippen molar-refractivity contribution in [2.45, 2.75) is 31.7 Å². The van der Waals surface area contributed by atoms with Crippen LogP contribution in [0.25, 0.3) is 0 Å². The van der Waals surface area contributed by atoms with Gasteiger partial charge in [-0.2, -0.15) is 0 Å². The third kappa shape index (κ3) is 5.66. The molecule has 1 aliphatic carbocycles. The predicted molar refractivity (Wildman–Crippen MR) is 87.6 cm³/mol. The van der Waals surface area contributed by atoms with E-state index in [-0.39, 0.29) is 11.9 Å². The maximum absolute atomic E-state index is 11.6. The van der Waals surface area contributed by atoms with Gasteiger partial charge >= 0.3 is 0 Å². The number of hydrogen-bond acceptors (Lipinski definition) is 3. The van der Waals surface area contributed by atoms with Crippen LogP contribution in [-0.2, 0) is 4.79 Å². The molecule has 0 spiro atoms. The quantitative estimate of drug-likeness (QED) is 0.531. The summed E-state index contributed by atoms with van der Waals surface area (Å²) >= 11 is 2.25. The summed E-state index contributed by atoms with van der Waals surface area (Å²) < 4.78 is 6.76. The summed E-state index contributed by atoms with van der Waals surface area (Å²) in [5.41, 5.74) is 5.93. The molecule has 0 aliphatic heterocycles. The zero-order chi connectivity index (χ0) is 14.4. The van der Waals surface area contributed by atoms with Crippen LogP contribution in [0, 0.1) is 9.49 Å². The summed E-state index contributed by atoms with van der Waals surface area (Å²) in [6.07, 6.45) is 3.63. The van der Waals surface area contributed by atoms with E-state index >= 15 is 0 Å². The summed E-state index contributed by atoms with van der Waals surface area (Å²) in [5.74, 6) is 1.54. The van der Waals surface area contributed by atoms with Gasteiger partial charge in [0.15, 0.2) is 0 Å². The summed E-state index contributed by atoms with van der Waals surface area (Å²) in [4.78, 5) is 11.6. The Morgan fingerprint density at radius 1 is 1.40 bits per heavy atom. The first kappa shape index (κ1) is 15.6. The normalized spacial score (nSPS) is 15.7. The SMILES string of the molecule is NC(CNC(=O)CCCOc1ccc(I)cc1)C1CC1. The van der Waals surface area contributed by atoms with Gasteiger partial charge in [0.25, 0.3) is 0 Å². The van der Waals surface area contributed by atoms with Crippen LogP contribution in [0.2, 0.25) is 0 Å². The van der Waals surface area contributed by atoms with Crippen molar-refractivity contribution in [3.63, 3.8) is 0 Å². The highest BCUT2D eigenvalue weighted by Crippen LogP contribution is 2.31. The predicted octanol–water partition coefficient (Wildman–Crippen LogP) is 2.30. The maximum Gasteiger partial charge on any atom is 0.220 e. The van der Waals surface area contributed by atoms with E-state index in [1.165, 1.54) is 16.4 Å². The minimum atomic E-state index is 0.0623. The van der Waals surface area contributed by atoms with Crippen LogP contribution in [0.5, 0.6) is 5.75 Å². The highest BCUT2D eigenvalue weighted by Gasteiger charge is 2.28. The molecule has 1 aliphatic rings. The molecule has 3 N–H and O–H groups in total. The van der Waals surface area contributed by atoms with Crippen LogP contribution in [0.3, 0.4) is 0 Å². The van der Waals surface area contributed by atoms with Gasteiger partial charge in [0.1, 0.15) is 5.75 Å². The van der Waals surface area contributed by atoms with E-state index in [1.807, 2.05) is 24.3 Å². The Labute approximate surface area is 133 Å². The molecule has 1 aromatic rings. The molecule has 1 atom stereocenters. The average molecular weight is 388 g/mol. The third-order valence-corrected chi connectivity index (χ3v) is 4.11. The molecular weight excluding hydrogens is 367 g/mol. The molecular formula is C15H21IN2O2. The van der Waals surface area contributed by atoms with Crippen LogP contribution in [0.1, 0.15) is 25.7 Å². The number of nitrogens with two attached hydrogens (primary N) is 1. The van der Waals surface area contributed by atoms with Crippen molar-refractivity contribution < 1.29 is 9.53 Å². The van der Waals surface area contributed by atoms with Gasteiger partial charge < -0.3 is 15.8 Å². The van der Waals surface area contributed by atoms with Crippen molar-refractivity contribution in [1.29, 1.82) is 0 Å². The van der Waals surface area contributed by atoms with Crippen molar-refractivity contribution >= 4 is 28.5 Å². The topological polar surface area (TPSA) is 64.3 Å². The van der Waals surface area contributed by atoms with Gasteiger partial charge in [0, 0.05) is 22.6 Å². The molecule has 0 bridgehead atoms. The van der Waals surface area contributed by atoms with Crippen molar-refractivity contribution in [2.75, 3.05) is 13.2 Å². The zero-order valence-corrected chi connectivity index (χ0v) is 13.6. The molecule has 1 amide bonds. The molecule has 1 saturated carbocycles. The first-order chi connectivity index (χ1) is 9.65. The van der Waals surface area contributed by atoms with Gasteiger partial charge in [-0.3, -0.25) is 4.79 Å². The fraction of sp³-hybridized carbons (Fsp3) is 0.533. The number of amides is 1. The van der Waals surface area contributed by atoms with Crippen molar-refractivity contribution in [1.82, 2.24) is 5.32 Å². The standard InChI is InChI=1S/C15H21IN2O2/c16-12-5-7-13(8-6-12)20-9-1-2-15(19)18-10-14(17)11-3-4-11/h5-8,11,14H,1-4,9-10,17H2,(H,18,19). The molecule has 1 fully saturated rings. The van der Waals surface area contributed by atoms with E-state index in [1.54, 1.807) is 0 Å². The van der Waals surface area contributed by atoms with E-state index in [9.17, 15) is 4.79 Å². The van der Waals surface area contributed by atoms with Crippen LogP contribution >= 0.6 is 22.6 Å². The monoisotopic (exact) mass is 388 g/mol. The van der Waals surface area contributed by atoms with Crippen LogP contribution in [0.15, 0.2) is 24.3 Å². The lowest BCUT2D eigenvalue weighted by atomic mass is 10.2. The smallest absolute Gasteiger partial charge is 0.220 e. The van der Waals surface area contributed by atoms with Gasteiger partial charge in [-0.25, -0.2) is 0 Å². The number of carbonyl (C=O) groups is 1. The van der Waals surface area contributed by atoms with Gasteiger partial charge in [0.05, 0.1) is 6.61 Å². The minimum Gasteiger partial charge on any atom is -0.494 e. The molecule has 2 rings (SSSR count). The lowest BCUT2D eigenvalue weighted by Crippen LogP contribution is -2.38. The van der Waals surface area contributed by atoms with Gasteiger partial charge in [-0.1, -0.05) is 0 Å². The number of benzene rings is 1. The number of ether oxygens (including phenoxy) is 1. The van der Waals surface area contributed by atoms with Crippen molar-refractivity contribution in [3.8, 4) is 5.75 Å². The zero-order valence-electron chi connectivity index (χ0n) is 11.5. The number of carbonyl (C=O) groups excluding carboxylic acids is 1. The van der Waals surface area contributed by atoms with Crippen molar-refractivity contribution in [3.05, 3.63) is 27.8 Å². The molecule has 0 radical (unpaired) electrons. The fourth-order valence-electron chi connectivity index (χ4n) is 1.96. The van der Waals surface area contributed by atoms with E-state index in [4.69, 9.17) is 10.5 Å². The molecule has 110 valence electrons. The Hall–Kier alpha value is -0.820. The number of nitrogens with one attached hydrogen (secondary N) is 1. The van der Waals surface area contributed by atoms with Crippen LogP contribution in [-0.4, -0.2) is 25.1 Å². The van der Waals surface area contributed by atoms with Gasteiger partial charge in [-0.15, -0.1) is 0 Å². The number of rotatable bonds is 8. The lowest BCUT2D eigenvalue weighted by Gasteiger charge is -2.11. The van der Waals surface area contributed by atoms with E-state index < -0.39 is 0 Å². The molecule has 0 aromatic heterocycles. The van der Waals surface area contributed by atoms with E-state index in [0.717, 1.165) is 12.2 Å². The molecule has 1 unspecified atom stereocenters. The molecule has 0 saturated heterocycles. The summed E-state index contributed by atoms with van der Waals surface area (Å²) in [6.45, 7) is 1.16. The Morgan fingerprint density at radius 2 is 2.10 bits per heavy atom. The Morgan fingerprint density at radius 3 is 2.75 bits per heavy atom. The lowest BCUT2D eigenvalue weighted by molar-refractivity contribution is -0.121. The molecule has 20 heavy (non-hydrogen) atoms. The van der Waals surface area contributed by atoms with E-state index in [0.29, 0.717) is 25.5 Å². The maximum atomic E-state index is 11.6. The first-order valence-electron chi connectivity index (χ1n) is 7.06. The summed E-state index contributed by atoms with van der Waals surface area (Å²) in [5, 5.41) is 2.89. The number of hydrogen-bond donors (Lipinski definition) is 2. The molecule has 5 heteroatoms. The number of halogens is 1. The van der Waals surface area contributed by atoms with Crippen molar-refractivity contribution in [2.24, 2.45) is 11.7 Å². The highest BCUT2D eigenvalue weighted by molar-refractivity contribution is 14.1. The second-order valence-electron chi connectivity index (χ2n) is 5.21. The van der Waals surface area contributed by atoms with Gasteiger partial charge in [-0.05, 0) is 72.0 Å².